The zero-order valence-electron chi connectivity index (χ0n) is 10.8. The first-order chi connectivity index (χ1) is 7.82. The maximum absolute atomic E-state index is 11.1. The van der Waals surface area contributed by atoms with Crippen LogP contribution in [0.5, 0.6) is 0 Å². The number of rotatable bonds is 8. The van der Waals surface area contributed by atoms with Gasteiger partial charge in [-0.2, -0.15) is 0 Å². The molecule has 0 saturated heterocycles. The molecule has 0 spiro atoms. The van der Waals surface area contributed by atoms with Gasteiger partial charge in [0.1, 0.15) is 6.61 Å². The Morgan fingerprint density at radius 3 is 2.12 bits per heavy atom. The first-order valence-corrected chi connectivity index (χ1v) is 5.74. The van der Waals surface area contributed by atoms with Gasteiger partial charge >= 0.3 is 5.97 Å². The SMILES string of the molecule is C=C(C)C(=O)OCCN(CC(C)O)CC(C)O. The molecule has 0 aliphatic heterocycles. The molecule has 2 unspecified atom stereocenters. The van der Waals surface area contributed by atoms with E-state index in [4.69, 9.17) is 4.74 Å². The zero-order chi connectivity index (χ0) is 13.4. The molecule has 17 heavy (non-hydrogen) atoms. The average molecular weight is 245 g/mol. The van der Waals surface area contributed by atoms with E-state index in [0.717, 1.165) is 0 Å². The van der Waals surface area contributed by atoms with Crippen LogP contribution in [0.2, 0.25) is 0 Å². The zero-order valence-corrected chi connectivity index (χ0v) is 10.8. The molecule has 0 amide bonds. The highest BCUT2D eigenvalue weighted by Gasteiger charge is 2.12. The molecule has 0 fully saturated rings. The minimum Gasteiger partial charge on any atom is -0.461 e. The summed E-state index contributed by atoms with van der Waals surface area (Å²) in [5, 5.41) is 18.6. The van der Waals surface area contributed by atoms with Gasteiger partial charge in [-0.1, -0.05) is 6.58 Å². The molecule has 0 heterocycles. The summed E-state index contributed by atoms with van der Waals surface area (Å²) in [4.78, 5) is 13.0. The van der Waals surface area contributed by atoms with Gasteiger partial charge in [-0.05, 0) is 20.8 Å². The third-order valence-corrected chi connectivity index (χ3v) is 2.03. The number of esters is 1. The Hall–Kier alpha value is -0.910. The predicted molar refractivity (Wildman–Crippen MR) is 65.6 cm³/mol. The Bertz CT molecular complexity index is 241. The number of ether oxygens (including phenoxy) is 1. The van der Waals surface area contributed by atoms with Gasteiger partial charge in [0.2, 0.25) is 0 Å². The summed E-state index contributed by atoms with van der Waals surface area (Å²) >= 11 is 0. The lowest BCUT2D eigenvalue weighted by molar-refractivity contribution is -0.139. The van der Waals surface area contributed by atoms with Crippen LogP contribution in [-0.2, 0) is 9.53 Å². The van der Waals surface area contributed by atoms with Gasteiger partial charge < -0.3 is 14.9 Å². The van der Waals surface area contributed by atoms with E-state index < -0.39 is 18.2 Å². The third kappa shape index (κ3) is 8.85. The molecule has 0 saturated carbocycles. The fraction of sp³-hybridized carbons (Fsp3) is 0.750. The largest absolute Gasteiger partial charge is 0.461 e. The molecule has 0 aromatic rings. The molecule has 0 aromatic heterocycles. The highest BCUT2D eigenvalue weighted by atomic mass is 16.5. The topological polar surface area (TPSA) is 70.0 Å². The van der Waals surface area contributed by atoms with Crippen LogP contribution in [0.1, 0.15) is 20.8 Å². The molecule has 0 radical (unpaired) electrons. The number of hydrogen-bond acceptors (Lipinski definition) is 5. The number of aliphatic hydroxyl groups excluding tert-OH is 2. The number of carbonyl (C=O) groups excluding carboxylic acids is 1. The van der Waals surface area contributed by atoms with Crippen molar-refractivity contribution in [2.75, 3.05) is 26.2 Å². The quantitative estimate of drug-likeness (QED) is 0.471. The smallest absolute Gasteiger partial charge is 0.333 e. The van der Waals surface area contributed by atoms with Gasteiger partial charge in [-0.25, -0.2) is 4.79 Å². The molecule has 0 bridgehead atoms. The lowest BCUT2D eigenvalue weighted by Crippen LogP contribution is -2.38. The van der Waals surface area contributed by atoms with Crippen LogP contribution >= 0.6 is 0 Å². The van der Waals surface area contributed by atoms with Crippen molar-refractivity contribution in [3.63, 3.8) is 0 Å². The highest BCUT2D eigenvalue weighted by Crippen LogP contribution is 1.97. The van der Waals surface area contributed by atoms with Crippen LogP contribution in [0.4, 0.5) is 0 Å². The lowest BCUT2D eigenvalue weighted by Gasteiger charge is -2.24. The number of carbonyl (C=O) groups is 1. The first-order valence-electron chi connectivity index (χ1n) is 5.74. The summed E-state index contributed by atoms with van der Waals surface area (Å²) in [7, 11) is 0. The second-order valence-electron chi connectivity index (χ2n) is 4.37. The number of nitrogens with zero attached hydrogens (tertiary/aromatic N) is 1. The molecule has 2 N–H and O–H groups in total. The van der Waals surface area contributed by atoms with Gasteiger partial charge in [0, 0.05) is 25.2 Å². The molecule has 0 rings (SSSR count). The van der Waals surface area contributed by atoms with Crippen molar-refractivity contribution in [2.24, 2.45) is 0 Å². The van der Waals surface area contributed by atoms with E-state index in [1.165, 1.54) is 0 Å². The van der Waals surface area contributed by atoms with Gasteiger partial charge in [0.25, 0.3) is 0 Å². The van der Waals surface area contributed by atoms with Gasteiger partial charge in [-0.15, -0.1) is 0 Å². The van der Waals surface area contributed by atoms with Crippen molar-refractivity contribution in [3.8, 4) is 0 Å². The van der Waals surface area contributed by atoms with Gasteiger partial charge in [-0.3, -0.25) is 4.90 Å². The Morgan fingerprint density at radius 2 is 1.76 bits per heavy atom. The van der Waals surface area contributed by atoms with Crippen LogP contribution < -0.4 is 0 Å². The third-order valence-electron chi connectivity index (χ3n) is 2.03. The van der Waals surface area contributed by atoms with E-state index in [0.29, 0.717) is 25.2 Å². The Kier molecular flexibility index (Phi) is 7.78. The van der Waals surface area contributed by atoms with Crippen molar-refractivity contribution in [3.05, 3.63) is 12.2 Å². The lowest BCUT2D eigenvalue weighted by atomic mass is 10.3. The van der Waals surface area contributed by atoms with Crippen molar-refractivity contribution < 1.29 is 19.7 Å². The molecular formula is C12H23NO4. The second-order valence-corrected chi connectivity index (χ2v) is 4.37. The summed E-state index contributed by atoms with van der Waals surface area (Å²) in [5.41, 5.74) is 0.364. The van der Waals surface area contributed by atoms with E-state index in [1.54, 1.807) is 20.8 Å². The average Bonchev–Trinajstić information content (AvgIpc) is 2.14. The summed E-state index contributed by atoms with van der Waals surface area (Å²) in [5.74, 6) is -0.418. The summed E-state index contributed by atoms with van der Waals surface area (Å²) < 4.78 is 4.95. The van der Waals surface area contributed by atoms with Crippen LogP contribution in [0.15, 0.2) is 12.2 Å². The fourth-order valence-electron chi connectivity index (χ4n) is 1.40. The summed E-state index contributed by atoms with van der Waals surface area (Å²) in [6.07, 6.45) is -0.962. The highest BCUT2D eigenvalue weighted by molar-refractivity contribution is 5.86. The van der Waals surface area contributed by atoms with Crippen molar-refractivity contribution in [1.29, 1.82) is 0 Å². The molecule has 100 valence electrons. The maximum Gasteiger partial charge on any atom is 0.333 e. The standard InChI is InChI=1S/C12H23NO4/c1-9(2)12(16)17-6-5-13(7-10(3)14)8-11(4)15/h10-11,14-15H,1,5-8H2,2-4H3. The van der Waals surface area contributed by atoms with E-state index in [-0.39, 0.29) is 6.61 Å². The second kappa shape index (κ2) is 8.22. The first kappa shape index (κ1) is 16.1. The normalized spacial score (nSPS) is 14.5. The molecule has 0 aliphatic carbocycles. The van der Waals surface area contributed by atoms with Crippen LogP contribution in [0.3, 0.4) is 0 Å². The Labute approximate surface area is 103 Å². The molecule has 0 aromatic carbocycles. The van der Waals surface area contributed by atoms with Crippen molar-refractivity contribution in [1.82, 2.24) is 4.90 Å². The Balaban J connectivity index is 3.98. The molecule has 5 nitrogen and oxygen atoms in total. The van der Waals surface area contributed by atoms with E-state index in [1.807, 2.05) is 4.90 Å². The van der Waals surface area contributed by atoms with Crippen LogP contribution in [0, 0.1) is 0 Å². The number of aliphatic hydroxyl groups is 2. The van der Waals surface area contributed by atoms with Crippen LogP contribution in [-0.4, -0.2) is 59.5 Å². The van der Waals surface area contributed by atoms with E-state index in [2.05, 4.69) is 6.58 Å². The Morgan fingerprint density at radius 1 is 1.29 bits per heavy atom. The summed E-state index contributed by atoms with van der Waals surface area (Å²) in [6, 6.07) is 0. The van der Waals surface area contributed by atoms with Crippen molar-refractivity contribution >= 4 is 5.97 Å². The van der Waals surface area contributed by atoms with Gasteiger partial charge in [0.05, 0.1) is 12.2 Å². The maximum atomic E-state index is 11.1. The van der Waals surface area contributed by atoms with E-state index in [9.17, 15) is 15.0 Å². The predicted octanol–water partition coefficient (Wildman–Crippen LogP) is 0.169. The van der Waals surface area contributed by atoms with Gasteiger partial charge in [0.15, 0.2) is 0 Å². The van der Waals surface area contributed by atoms with Crippen molar-refractivity contribution in [2.45, 2.75) is 33.0 Å². The minimum atomic E-state index is -0.481. The molecule has 2 atom stereocenters. The summed E-state index contributed by atoms with van der Waals surface area (Å²) in [6.45, 7) is 10.0. The van der Waals surface area contributed by atoms with Crippen LogP contribution in [0.25, 0.3) is 0 Å². The van der Waals surface area contributed by atoms with E-state index >= 15 is 0 Å². The number of hydrogen-bond donors (Lipinski definition) is 2. The monoisotopic (exact) mass is 245 g/mol. The fourth-order valence-corrected chi connectivity index (χ4v) is 1.40. The molecular weight excluding hydrogens is 222 g/mol. The molecule has 5 heteroatoms. The minimum absolute atomic E-state index is 0.227. The molecule has 0 aliphatic rings.